The van der Waals surface area contributed by atoms with Crippen LogP contribution in [0.2, 0.25) is 0 Å². The van der Waals surface area contributed by atoms with E-state index in [9.17, 15) is 24.3 Å². The first-order valence-corrected chi connectivity index (χ1v) is 17.4. The van der Waals surface area contributed by atoms with E-state index < -0.39 is 35.6 Å². The van der Waals surface area contributed by atoms with Gasteiger partial charge in [-0.2, -0.15) is 0 Å². The zero-order valence-electron chi connectivity index (χ0n) is 28.1. The number of esters is 1. The molecule has 4 rings (SSSR count). The molecule has 0 aliphatic carbocycles. The van der Waals surface area contributed by atoms with Gasteiger partial charge in [0.2, 0.25) is 17.7 Å². The van der Waals surface area contributed by atoms with Crippen molar-refractivity contribution in [3.05, 3.63) is 61.2 Å². The predicted octanol–water partition coefficient (Wildman–Crippen LogP) is 4.48. The van der Waals surface area contributed by atoms with Gasteiger partial charge in [-0.25, -0.2) is 0 Å². The number of rotatable bonds is 20. The van der Waals surface area contributed by atoms with E-state index in [2.05, 4.69) is 25.4 Å². The third kappa shape index (κ3) is 7.97. The summed E-state index contributed by atoms with van der Waals surface area (Å²) in [4.78, 5) is 59.0. The number of ether oxygens (including phenoxy) is 2. The second-order valence-corrected chi connectivity index (χ2v) is 13.1. The Balaban J connectivity index is 1.62. The number of carbonyl (C=O) groups excluding carboxylic acids is 4. The molecule has 1 aromatic rings. The molecule has 1 aromatic carbocycles. The highest BCUT2D eigenvalue weighted by atomic mass is 16.5. The molecular formula is C37H53N3O7. The number of carbonyl (C=O) groups is 4. The maximum atomic E-state index is 14.5. The van der Waals surface area contributed by atoms with E-state index in [1.165, 1.54) is 0 Å². The van der Waals surface area contributed by atoms with Gasteiger partial charge in [0, 0.05) is 32.2 Å². The molecule has 0 saturated carbocycles. The third-order valence-corrected chi connectivity index (χ3v) is 9.97. The number of likely N-dealkylation sites (tertiary alicyclic amines) is 1. The lowest BCUT2D eigenvalue weighted by Gasteiger charge is -2.39. The zero-order valence-corrected chi connectivity index (χ0v) is 28.1. The van der Waals surface area contributed by atoms with Crippen LogP contribution in [0.5, 0.6) is 0 Å². The summed E-state index contributed by atoms with van der Waals surface area (Å²) in [6, 6.07) is 7.79. The number of nitrogens with one attached hydrogen (secondary N) is 1. The van der Waals surface area contributed by atoms with Crippen LogP contribution in [0, 0.1) is 11.8 Å². The quantitative estimate of drug-likeness (QED) is 0.121. The van der Waals surface area contributed by atoms with Gasteiger partial charge in [-0.1, -0.05) is 68.7 Å². The summed E-state index contributed by atoms with van der Waals surface area (Å²) >= 11 is 0. The number of hydrogen-bond donors (Lipinski definition) is 2. The largest absolute Gasteiger partial charge is 0.463 e. The molecule has 47 heavy (non-hydrogen) atoms. The fourth-order valence-corrected chi connectivity index (χ4v) is 7.72. The molecular weight excluding hydrogens is 598 g/mol. The van der Waals surface area contributed by atoms with Crippen LogP contribution in [0.4, 0.5) is 0 Å². The summed E-state index contributed by atoms with van der Waals surface area (Å²) < 4.78 is 12.2. The predicted molar refractivity (Wildman–Crippen MR) is 179 cm³/mol. The van der Waals surface area contributed by atoms with Crippen molar-refractivity contribution in [2.75, 3.05) is 26.3 Å². The molecule has 10 heteroatoms. The summed E-state index contributed by atoms with van der Waals surface area (Å²) in [6.07, 6.45) is 9.34. The number of fused-ring (bicyclic) bond motifs is 1. The van der Waals surface area contributed by atoms with Crippen LogP contribution >= 0.6 is 0 Å². The monoisotopic (exact) mass is 651 g/mol. The third-order valence-electron chi connectivity index (χ3n) is 9.97. The van der Waals surface area contributed by atoms with Crippen LogP contribution in [0.3, 0.4) is 0 Å². The Morgan fingerprint density at radius 2 is 1.91 bits per heavy atom. The molecule has 3 saturated heterocycles. The molecule has 3 fully saturated rings. The average Bonchev–Trinajstić information content (AvgIpc) is 3.71. The van der Waals surface area contributed by atoms with Crippen LogP contribution in [0.1, 0.15) is 89.7 Å². The van der Waals surface area contributed by atoms with Crippen LogP contribution in [0.15, 0.2) is 55.6 Å². The van der Waals surface area contributed by atoms with Crippen molar-refractivity contribution in [3.63, 3.8) is 0 Å². The number of aliphatic hydroxyl groups is 1. The minimum Gasteiger partial charge on any atom is -0.463 e. The molecule has 258 valence electrons. The molecule has 3 amide bonds. The first-order chi connectivity index (χ1) is 22.7. The summed E-state index contributed by atoms with van der Waals surface area (Å²) in [7, 11) is 0. The molecule has 2 N–H and O–H groups in total. The summed E-state index contributed by atoms with van der Waals surface area (Å²) in [5, 5.41) is 12.3. The second-order valence-electron chi connectivity index (χ2n) is 13.1. The lowest BCUT2D eigenvalue weighted by atomic mass is 9.70. The number of amides is 3. The van der Waals surface area contributed by atoms with E-state index in [1.54, 1.807) is 22.0 Å². The maximum Gasteiger partial charge on any atom is 0.306 e. The molecule has 0 radical (unpaired) electrons. The number of aliphatic hydroxyl groups excluding tert-OH is 1. The van der Waals surface area contributed by atoms with Crippen molar-refractivity contribution in [3.8, 4) is 0 Å². The van der Waals surface area contributed by atoms with Gasteiger partial charge < -0.3 is 29.7 Å². The Bertz CT molecular complexity index is 1260. The Hall–Kier alpha value is -3.50. The van der Waals surface area contributed by atoms with Gasteiger partial charge >= 0.3 is 5.97 Å². The zero-order chi connectivity index (χ0) is 34.0. The summed E-state index contributed by atoms with van der Waals surface area (Å²) in [5.74, 6) is -2.69. The number of allylic oxidation sites excluding steroid dienone is 1. The summed E-state index contributed by atoms with van der Waals surface area (Å²) in [6.45, 7) is 12.4. The highest BCUT2D eigenvalue weighted by Gasteiger charge is 2.74. The lowest BCUT2D eigenvalue weighted by molar-refractivity contribution is -0.149. The molecule has 3 heterocycles. The molecule has 3 aliphatic rings. The standard InChI is InChI=1S/C37H53N3O7/c1-5-8-19-30(42)46-25-28(27-17-12-11-13-18-27)38-34(43)31-29-20-21-37(47-29)32(31)35(44)40(23-14-9-10-15-24-41)33(37)36(45)39(22-7-3)26(4)16-6-2/h5,7,11-13,17-18,26,28-29,31-33,41H,1,3,6,8-10,14-16,19-25H2,2,4H3,(H,38,43)/t26?,28-,29+,31-,32-,33+,37-/m0/s1. The Kier molecular flexibility index (Phi) is 13.2. The van der Waals surface area contributed by atoms with Gasteiger partial charge in [0.05, 0.1) is 24.0 Å². The van der Waals surface area contributed by atoms with Crippen molar-refractivity contribution >= 4 is 23.7 Å². The SMILES string of the molecule is C=CCCC(=O)OC[C@H](NC(=O)[C@@H]1[C@H]2C(=O)N(CCCCCCO)[C@H](C(=O)N(CC=C)C(C)CCC)[C@]23CC[C@H]1O3)c1ccccc1. The van der Waals surface area contributed by atoms with Crippen LogP contribution < -0.4 is 5.32 Å². The minimum atomic E-state index is -1.10. The van der Waals surface area contributed by atoms with Gasteiger partial charge in [0.1, 0.15) is 18.2 Å². The van der Waals surface area contributed by atoms with Gasteiger partial charge in [0.25, 0.3) is 0 Å². The van der Waals surface area contributed by atoms with E-state index in [-0.39, 0.29) is 49.4 Å². The molecule has 7 atom stereocenters. The van der Waals surface area contributed by atoms with Crippen molar-refractivity contribution in [1.29, 1.82) is 0 Å². The van der Waals surface area contributed by atoms with Crippen molar-refractivity contribution < 1.29 is 33.8 Å². The fraction of sp³-hybridized carbons (Fsp3) is 0.622. The van der Waals surface area contributed by atoms with Gasteiger partial charge in [-0.15, -0.1) is 13.2 Å². The summed E-state index contributed by atoms with van der Waals surface area (Å²) in [5.41, 5.74) is -0.326. The van der Waals surface area contributed by atoms with Gasteiger partial charge in [-0.05, 0) is 51.0 Å². The van der Waals surface area contributed by atoms with Gasteiger partial charge in [0.15, 0.2) is 0 Å². The lowest BCUT2D eigenvalue weighted by Crippen LogP contribution is -2.58. The van der Waals surface area contributed by atoms with E-state index in [0.717, 1.165) is 31.2 Å². The second kappa shape index (κ2) is 17.1. The molecule has 10 nitrogen and oxygen atoms in total. The van der Waals surface area contributed by atoms with Crippen LogP contribution in [0.25, 0.3) is 0 Å². The highest BCUT2D eigenvalue weighted by molar-refractivity contribution is 5.99. The normalized spacial score (nSPS) is 25.6. The number of nitrogens with zero attached hydrogens (tertiary/aromatic N) is 2. The Labute approximate surface area is 279 Å². The first-order valence-electron chi connectivity index (χ1n) is 17.4. The molecule has 0 aromatic heterocycles. The number of benzene rings is 1. The smallest absolute Gasteiger partial charge is 0.306 e. The molecule has 3 aliphatic heterocycles. The minimum absolute atomic E-state index is 0.0547. The maximum absolute atomic E-state index is 14.5. The van der Waals surface area contributed by atoms with E-state index in [0.29, 0.717) is 45.2 Å². The van der Waals surface area contributed by atoms with Crippen molar-refractivity contribution in [1.82, 2.24) is 15.1 Å². The van der Waals surface area contributed by atoms with Crippen LogP contribution in [-0.4, -0.2) is 88.7 Å². The van der Waals surface area contributed by atoms with Crippen molar-refractivity contribution in [2.24, 2.45) is 11.8 Å². The average molecular weight is 652 g/mol. The molecule has 1 spiro atoms. The van der Waals surface area contributed by atoms with E-state index in [4.69, 9.17) is 9.47 Å². The Morgan fingerprint density at radius 1 is 1.17 bits per heavy atom. The molecule has 1 unspecified atom stereocenters. The number of unbranched alkanes of at least 4 members (excludes halogenated alkanes) is 3. The van der Waals surface area contributed by atoms with Crippen molar-refractivity contribution in [2.45, 2.75) is 108 Å². The number of hydrogen-bond acceptors (Lipinski definition) is 7. The Morgan fingerprint density at radius 3 is 2.60 bits per heavy atom. The molecule has 2 bridgehead atoms. The first kappa shape index (κ1) is 36.3. The van der Waals surface area contributed by atoms with Gasteiger partial charge in [-0.3, -0.25) is 19.2 Å². The van der Waals surface area contributed by atoms with E-state index in [1.807, 2.05) is 37.3 Å². The fourth-order valence-electron chi connectivity index (χ4n) is 7.72. The highest BCUT2D eigenvalue weighted by Crippen LogP contribution is 2.58. The van der Waals surface area contributed by atoms with E-state index >= 15 is 0 Å². The topological polar surface area (TPSA) is 125 Å². The van der Waals surface area contributed by atoms with Crippen LogP contribution in [-0.2, 0) is 28.7 Å².